The summed E-state index contributed by atoms with van der Waals surface area (Å²) in [6.45, 7) is 0. The zero-order chi connectivity index (χ0) is 13.1. The predicted molar refractivity (Wildman–Crippen MR) is 75.2 cm³/mol. The fourth-order valence-electron chi connectivity index (χ4n) is 1.70. The summed E-state index contributed by atoms with van der Waals surface area (Å²) in [5, 5.41) is 0.510. The van der Waals surface area contributed by atoms with Gasteiger partial charge in [0.2, 0.25) is 0 Å². The summed E-state index contributed by atoms with van der Waals surface area (Å²) >= 11 is 9.55. The summed E-state index contributed by atoms with van der Waals surface area (Å²) in [5.41, 5.74) is 1.46. The van der Waals surface area contributed by atoms with E-state index >= 15 is 0 Å². The first kappa shape index (κ1) is 13.4. The molecule has 2 aromatic rings. The Morgan fingerprint density at radius 2 is 1.94 bits per heavy atom. The van der Waals surface area contributed by atoms with Crippen molar-refractivity contribution in [3.63, 3.8) is 0 Å². The van der Waals surface area contributed by atoms with E-state index in [4.69, 9.17) is 16.3 Å². The second-order valence-electron chi connectivity index (χ2n) is 3.78. The molecular formula is C14H11BrClFO. The lowest BCUT2D eigenvalue weighted by Gasteiger charge is -2.13. The molecule has 1 nitrogen and oxygen atoms in total. The highest BCUT2D eigenvalue weighted by Gasteiger charge is 2.15. The first-order valence-corrected chi connectivity index (χ1v) is 6.64. The van der Waals surface area contributed by atoms with Crippen LogP contribution in [0.15, 0.2) is 42.5 Å². The summed E-state index contributed by atoms with van der Waals surface area (Å²) in [5.74, 6) is 0.361. The van der Waals surface area contributed by atoms with E-state index in [1.54, 1.807) is 37.4 Å². The smallest absolute Gasteiger partial charge is 0.137 e. The van der Waals surface area contributed by atoms with Crippen molar-refractivity contribution in [2.24, 2.45) is 0 Å². The van der Waals surface area contributed by atoms with Gasteiger partial charge in [0, 0.05) is 5.56 Å². The third-order valence-electron chi connectivity index (χ3n) is 2.65. The lowest BCUT2D eigenvalue weighted by molar-refractivity contribution is 0.415. The molecule has 0 aliphatic heterocycles. The van der Waals surface area contributed by atoms with Crippen LogP contribution in [0.3, 0.4) is 0 Å². The van der Waals surface area contributed by atoms with E-state index in [0.29, 0.717) is 16.3 Å². The zero-order valence-corrected chi connectivity index (χ0v) is 12.0. The van der Waals surface area contributed by atoms with E-state index < -0.39 is 0 Å². The first-order valence-electron chi connectivity index (χ1n) is 5.35. The molecule has 0 saturated heterocycles. The molecule has 1 atom stereocenters. The molecule has 0 N–H and O–H groups in total. The van der Waals surface area contributed by atoms with Gasteiger partial charge < -0.3 is 4.74 Å². The molecule has 2 rings (SSSR count). The molecule has 0 aliphatic rings. The Bertz CT molecular complexity index is 559. The van der Waals surface area contributed by atoms with Crippen molar-refractivity contribution in [3.05, 3.63) is 64.4 Å². The Morgan fingerprint density at radius 1 is 1.22 bits per heavy atom. The molecule has 0 aliphatic carbocycles. The zero-order valence-electron chi connectivity index (χ0n) is 9.66. The van der Waals surface area contributed by atoms with Crippen LogP contribution in [0.4, 0.5) is 4.39 Å². The van der Waals surface area contributed by atoms with Gasteiger partial charge in [-0.3, -0.25) is 0 Å². The van der Waals surface area contributed by atoms with Crippen LogP contribution in [0.25, 0.3) is 0 Å². The number of hydrogen-bond acceptors (Lipinski definition) is 1. The maximum atomic E-state index is 13.7. The number of benzene rings is 2. The van der Waals surface area contributed by atoms with E-state index in [-0.39, 0.29) is 10.6 Å². The normalized spacial score (nSPS) is 12.2. The van der Waals surface area contributed by atoms with Gasteiger partial charge in [-0.05, 0) is 23.8 Å². The van der Waals surface area contributed by atoms with E-state index in [0.717, 1.165) is 5.56 Å². The van der Waals surface area contributed by atoms with Gasteiger partial charge in [0.1, 0.15) is 11.6 Å². The highest BCUT2D eigenvalue weighted by Crippen LogP contribution is 2.35. The van der Waals surface area contributed by atoms with Gasteiger partial charge in [-0.25, -0.2) is 4.39 Å². The molecule has 0 radical (unpaired) electrons. The van der Waals surface area contributed by atoms with Crippen LogP contribution in [0.5, 0.6) is 5.75 Å². The lowest BCUT2D eigenvalue weighted by atomic mass is 10.0. The molecule has 94 valence electrons. The van der Waals surface area contributed by atoms with Gasteiger partial charge in [0.05, 0.1) is 17.0 Å². The summed E-state index contributed by atoms with van der Waals surface area (Å²) in [6, 6.07) is 12.1. The summed E-state index contributed by atoms with van der Waals surface area (Å²) in [6.07, 6.45) is 0. The largest absolute Gasteiger partial charge is 0.495 e. The number of ether oxygens (including phenoxy) is 1. The van der Waals surface area contributed by atoms with Crippen LogP contribution in [0, 0.1) is 5.82 Å². The minimum absolute atomic E-state index is 0.234. The molecule has 0 bridgehead atoms. The Balaban J connectivity index is 2.37. The Morgan fingerprint density at radius 3 is 2.56 bits per heavy atom. The van der Waals surface area contributed by atoms with Crippen LogP contribution in [-0.4, -0.2) is 7.11 Å². The molecule has 0 aromatic heterocycles. The van der Waals surface area contributed by atoms with Crippen molar-refractivity contribution >= 4 is 27.5 Å². The minimum Gasteiger partial charge on any atom is -0.495 e. The third kappa shape index (κ3) is 2.68. The number of hydrogen-bond donors (Lipinski definition) is 0. The average Bonchev–Trinajstić information content (AvgIpc) is 2.38. The van der Waals surface area contributed by atoms with Crippen molar-refractivity contribution in [2.45, 2.75) is 4.83 Å². The van der Waals surface area contributed by atoms with Crippen molar-refractivity contribution < 1.29 is 9.13 Å². The number of methoxy groups -OCH3 is 1. The van der Waals surface area contributed by atoms with Crippen molar-refractivity contribution in [2.75, 3.05) is 7.11 Å². The van der Waals surface area contributed by atoms with Crippen LogP contribution in [-0.2, 0) is 0 Å². The molecule has 0 fully saturated rings. The van der Waals surface area contributed by atoms with Crippen molar-refractivity contribution in [1.82, 2.24) is 0 Å². The summed E-state index contributed by atoms with van der Waals surface area (Å²) in [7, 11) is 1.56. The van der Waals surface area contributed by atoms with Crippen LogP contribution in [0.2, 0.25) is 5.02 Å². The summed E-state index contributed by atoms with van der Waals surface area (Å²) < 4.78 is 18.8. The molecule has 4 heteroatoms. The Kier molecular flexibility index (Phi) is 4.25. The summed E-state index contributed by atoms with van der Waals surface area (Å²) in [4.78, 5) is -0.234. The van der Waals surface area contributed by atoms with Gasteiger partial charge in [-0.15, -0.1) is 0 Å². The van der Waals surface area contributed by atoms with Crippen LogP contribution >= 0.6 is 27.5 Å². The SMILES string of the molecule is COc1ccc(C(Br)c2ccccc2F)cc1Cl. The maximum Gasteiger partial charge on any atom is 0.137 e. The van der Waals surface area contributed by atoms with Gasteiger partial charge >= 0.3 is 0 Å². The number of rotatable bonds is 3. The average molecular weight is 330 g/mol. The predicted octanol–water partition coefficient (Wildman–Crippen LogP) is 4.97. The van der Waals surface area contributed by atoms with E-state index in [1.165, 1.54) is 6.07 Å². The van der Waals surface area contributed by atoms with E-state index in [2.05, 4.69) is 15.9 Å². The molecule has 1 unspecified atom stereocenters. The first-order chi connectivity index (χ1) is 8.63. The lowest BCUT2D eigenvalue weighted by Crippen LogP contribution is -1.96. The van der Waals surface area contributed by atoms with E-state index in [1.807, 2.05) is 6.07 Å². The van der Waals surface area contributed by atoms with Crippen molar-refractivity contribution in [3.8, 4) is 5.75 Å². The second kappa shape index (κ2) is 5.72. The second-order valence-corrected chi connectivity index (χ2v) is 5.10. The molecule has 0 spiro atoms. The Labute approximate surface area is 119 Å². The maximum absolute atomic E-state index is 13.7. The van der Waals surface area contributed by atoms with E-state index in [9.17, 15) is 4.39 Å². The fourth-order valence-corrected chi connectivity index (χ4v) is 2.62. The molecule has 18 heavy (non-hydrogen) atoms. The highest BCUT2D eigenvalue weighted by molar-refractivity contribution is 9.09. The van der Waals surface area contributed by atoms with Gasteiger partial charge in [-0.2, -0.15) is 0 Å². The quantitative estimate of drug-likeness (QED) is 0.722. The molecule has 0 saturated carbocycles. The molecule has 0 heterocycles. The van der Waals surface area contributed by atoms with Crippen molar-refractivity contribution in [1.29, 1.82) is 0 Å². The monoisotopic (exact) mass is 328 g/mol. The van der Waals surface area contributed by atoms with Gasteiger partial charge in [-0.1, -0.05) is 51.8 Å². The van der Waals surface area contributed by atoms with Gasteiger partial charge in [0.25, 0.3) is 0 Å². The third-order valence-corrected chi connectivity index (χ3v) is 3.96. The van der Waals surface area contributed by atoms with Gasteiger partial charge in [0.15, 0.2) is 0 Å². The number of alkyl halides is 1. The Hall–Kier alpha value is -1.06. The molecule has 2 aromatic carbocycles. The van der Waals surface area contributed by atoms with Crippen LogP contribution < -0.4 is 4.74 Å². The number of halogens is 3. The standard InChI is InChI=1S/C14H11BrClFO/c1-18-13-7-6-9(8-11(13)16)14(15)10-4-2-3-5-12(10)17/h2-8,14H,1H3. The topological polar surface area (TPSA) is 9.23 Å². The van der Waals surface area contributed by atoms with Crippen LogP contribution in [0.1, 0.15) is 16.0 Å². The molecule has 0 amide bonds. The molecular weight excluding hydrogens is 319 g/mol. The highest BCUT2D eigenvalue weighted by atomic mass is 79.9. The minimum atomic E-state index is -0.244. The fraction of sp³-hybridized carbons (Fsp3) is 0.143.